The number of nitrogens with one attached hydrogen (secondary N) is 1. The van der Waals surface area contributed by atoms with Gasteiger partial charge in [-0.25, -0.2) is 5.48 Å². The third-order valence-corrected chi connectivity index (χ3v) is 5.01. The van der Waals surface area contributed by atoms with Crippen LogP contribution in [-0.4, -0.2) is 35.0 Å². The fourth-order valence-electron chi connectivity index (χ4n) is 3.38. The van der Waals surface area contributed by atoms with E-state index < -0.39 is 17.4 Å². The molecule has 0 aromatic heterocycles. The summed E-state index contributed by atoms with van der Waals surface area (Å²) in [5, 5.41) is 9.58. The largest absolute Gasteiger partial charge is 0.333 e. The van der Waals surface area contributed by atoms with Crippen molar-refractivity contribution in [3.63, 3.8) is 0 Å². The van der Waals surface area contributed by atoms with Crippen LogP contribution in [0.4, 0.5) is 0 Å². The molecule has 1 aliphatic carbocycles. The lowest BCUT2D eigenvalue weighted by Crippen LogP contribution is -2.57. The van der Waals surface area contributed by atoms with Gasteiger partial charge in [0.1, 0.15) is 6.04 Å². The molecule has 1 aliphatic rings. The van der Waals surface area contributed by atoms with Crippen LogP contribution in [0.5, 0.6) is 0 Å². The molecule has 2 rings (SSSR count). The Balaban J connectivity index is 2.32. The summed E-state index contributed by atoms with van der Waals surface area (Å²) in [4.78, 5) is 26.5. The van der Waals surface area contributed by atoms with Crippen molar-refractivity contribution in [2.45, 2.75) is 44.6 Å². The molecule has 0 saturated heterocycles. The van der Waals surface area contributed by atoms with Crippen molar-refractivity contribution in [2.75, 3.05) is 7.05 Å². The van der Waals surface area contributed by atoms with E-state index in [2.05, 4.69) is 0 Å². The van der Waals surface area contributed by atoms with Crippen LogP contribution in [0.3, 0.4) is 0 Å². The number of rotatable bonds is 5. The maximum Gasteiger partial charge on any atom is 0.266 e. The molecule has 126 valence electrons. The van der Waals surface area contributed by atoms with Gasteiger partial charge < -0.3 is 4.90 Å². The number of carbonyl (C=O) groups is 2. The molecule has 0 spiro atoms. The van der Waals surface area contributed by atoms with Gasteiger partial charge in [0.05, 0.1) is 5.41 Å². The summed E-state index contributed by atoms with van der Waals surface area (Å²) in [7, 11) is 1.62. The number of benzene rings is 1. The van der Waals surface area contributed by atoms with E-state index in [9.17, 15) is 9.59 Å². The second kappa shape index (κ2) is 6.89. The summed E-state index contributed by atoms with van der Waals surface area (Å²) in [5.41, 5.74) is 2.00. The van der Waals surface area contributed by atoms with Crippen molar-refractivity contribution >= 4 is 23.4 Å². The number of hydrogen-bond acceptors (Lipinski definition) is 3. The van der Waals surface area contributed by atoms with E-state index in [0.717, 1.165) is 24.8 Å². The van der Waals surface area contributed by atoms with E-state index in [0.29, 0.717) is 5.02 Å². The molecule has 1 atom stereocenters. The highest BCUT2D eigenvalue weighted by molar-refractivity contribution is 6.30. The van der Waals surface area contributed by atoms with Gasteiger partial charge in [-0.1, -0.05) is 44.0 Å². The van der Waals surface area contributed by atoms with Crippen molar-refractivity contribution < 1.29 is 14.8 Å². The first-order chi connectivity index (χ1) is 10.8. The number of hydroxylamine groups is 1. The quantitative estimate of drug-likeness (QED) is 0.640. The SMILES string of the molecule is CC(C)C(C(=O)NO)N(C)C(=O)C1(c2ccc(Cl)cc2)CCC1. The van der Waals surface area contributed by atoms with E-state index in [1.807, 2.05) is 26.0 Å². The van der Waals surface area contributed by atoms with Crippen LogP contribution in [0.15, 0.2) is 24.3 Å². The minimum atomic E-state index is -0.711. The van der Waals surface area contributed by atoms with Crippen LogP contribution < -0.4 is 5.48 Å². The average Bonchev–Trinajstić information content (AvgIpc) is 2.47. The Morgan fingerprint density at radius 3 is 2.22 bits per heavy atom. The molecule has 0 aliphatic heterocycles. The van der Waals surface area contributed by atoms with Gasteiger partial charge in [0.25, 0.3) is 5.91 Å². The van der Waals surface area contributed by atoms with Gasteiger partial charge in [0.2, 0.25) is 5.91 Å². The molecule has 1 aromatic carbocycles. The minimum Gasteiger partial charge on any atom is -0.333 e. The van der Waals surface area contributed by atoms with Gasteiger partial charge >= 0.3 is 0 Å². The fraction of sp³-hybridized carbons (Fsp3) is 0.529. The van der Waals surface area contributed by atoms with Crippen LogP contribution in [0.1, 0.15) is 38.7 Å². The van der Waals surface area contributed by atoms with Crippen LogP contribution in [0.25, 0.3) is 0 Å². The molecule has 1 fully saturated rings. The van der Waals surface area contributed by atoms with Crippen molar-refractivity contribution in [1.29, 1.82) is 0 Å². The zero-order valence-electron chi connectivity index (χ0n) is 13.7. The van der Waals surface area contributed by atoms with Gasteiger partial charge in [-0.15, -0.1) is 0 Å². The number of halogens is 1. The Morgan fingerprint density at radius 1 is 1.26 bits per heavy atom. The molecular formula is C17H23ClN2O3. The van der Waals surface area contributed by atoms with E-state index in [1.54, 1.807) is 24.7 Å². The fourth-order valence-corrected chi connectivity index (χ4v) is 3.51. The van der Waals surface area contributed by atoms with E-state index in [-0.39, 0.29) is 11.8 Å². The van der Waals surface area contributed by atoms with E-state index >= 15 is 0 Å². The van der Waals surface area contributed by atoms with Crippen molar-refractivity contribution in [2.24, 2.45) is 5.92 Å². The first-order valence-electron chi connectivity index (χ1n) is 7.81. The molecule has 0 radical (unpaired) electrons. The Hall–Kier alpha value is -1.59. The van der Waals surface area contributed by atoms with Crippen LogP contribution in [0, 0.1) is 5.92 Å². The highest BCUT2D eigenvalue weighted by Gasteiger charge is 2.49. The lowest BCUT2D eigenvalue weighted by molar-refractivity contribution is -0.150. The summed E-state index contributed by atoms with van der Waals surface area (Å²) >= 11 is 5.94. The van der Waals surface area contributed by atoms with Crippen molar-refractivity contribution in [3.05, 3.63) is 34.9 Å². The first kappa shape index (κ1) is 17.8. The predicted molar refractivity (Wildman–Crippen MR) is 88.3 cm³/mol. The number of amides is 2. The number of hydrogen-bond donors (Lipinski definition) is 2. The zero-order chi connectivity index (χ0) is 17.2. The molecule has 1 saturated carbocycles. The number of carbonyl (C=O) groups excluding carboxylic acids is 2. The maximum atomic E-state index is 13.1. The lowest BCUT2D eigenvalue weighted by Gasteiger charge is -2.45. The van der Waals surface area contributed by atoms with E-state index in [1.165, 1.54) is 4.90 Å². The third kappa shape index (κ3) is 3.21. The zero-order valence-corrected chi connectivity index (χ0v) is 14.4. The standard InChI is InChI=1S/C17H23ClN2O3/c1-11(2)14(15(21)19-23)20(3)16(22)17(9-4-10-17)12-5-7-13(18)8-6-12/h5-8,11,14,23H,4,9-10H2,1-3H3,(H,19,21). The Morgan fingerprint density at radius 2 is 1.83 bits per heavy atom. The molecule has 0 heterocycles. The predicted octanol–water partition coefficient (Wildman–Crippen LogP) is 2.75. The van der Waals surface area contributed by atoms with Crippen LogP contribution in [0.2, 0.25) is 5.02 Å². The molecule has 23 heavy (non-hydrogen) atoms. The summed E-state index contributed by atoms with van der Waals surface area (Å²) in [6.07, 6.45) is 2.48. The van der Waals surface area contributed by atoms with Gasteiger partial charge in [-0.2, -0.15) is 0 Å². The van der Waals surface area contributed by atoms with Crippen molar-refractivity contribution in [1.82, 2.24) is 10.4 Å². The van der Waals surface area contributed by atoms with Gasteiger partial charge in [-0.3, -0.25) is 14.8 Å². The molecule has 6 heteroatoms. The summed E-state index contributed by atoms with van der Waals surface area (Å²) < 4.78 is 0. The molecule has 1 unspecified atom stereocenters. The van der Waals surface area contributed by atoms with Crippen LogP contribution in [-0.2, 0) is 15.0 Å². The van der Waals surface area contributed by atoms with E-state index in [4.69, 9.17) is 16.8 Å². The maximum absolute atomic E-state index is 13.1. The molecule has 2 amide bonds. The smallest absolute Gasteiger partial charge is 0.266 e. The summed E-state index contributed by atoms with van der Waals surface area (Å²) in [5.74, 6) is -0.770. The Kier molecular flexibility index (Phi) is 5.32. The summed E-state index contributed by atoms with van der Waals surface area (Å²) in [6.45, 7) is 3.69. The van der Waals surface area contributed by atoms with Crippen molar-refractivity contribution in [3.8, 4) is 0 Å². The van der Waals surface area contributed by atoms with Gasteiger partial charge in [-0.05, 0) is 36.5 Å². The lowest BCUT2D eigenvalue weighted by atomic mass is 9.63. The highest BCUT2D eigenvalue weighted by atomic mass is 35.5. The molecule has 1 aromatic rings. The number of likely N-dealkylation sites (N-methyl/N-ethyl adjacent to an activating group) is 1. The Bertz CT molecular complexity index is 582. The Labute approximate surface area is 141 Å². The molecular weight excluding hydrogens is 316 g/mol. The summed E-state index contributed by atoms with van der Waals surface area (Å²) in [6, 6.07) is 6.61. The topological polar surface area (TPSA) is 69.6 Å². The minimum absolute atomic E-state index is 0.0895. The molecule has 2 N–H and O–H groups in total. The van der Waals surface area contributed by atoms with Gasteiger partial charge in [0, 0.05) is 12.1 Å². The second-order valence-corrected chi connectivity index (χ2v) is 6.96. The second-order valence-electron chi connectivity index (χ2n) is 6.52. The first-order valence-corrected chi connectivity index (χ1v) is 8.18. The van der Waals surface area contributed by atoms with Crippen LogP contribution >= 0.6 is 11.6 Å². The highest BCUT2D eigenvalue weighted by Crippen LogP contribution is 2.45. The molecule has 0 bridgehead atoms. The number of nitrogens with zero attached hydrogens (tertiary/aromatic N) is 1. The van der Waals surface area contributed by atoms with Gasteiger partial charge in [0.15, 0.2) is 0 Å². The molecule has 5 nitrogen and oxygen atoms in total. The normalized spacial score (nSPS) is 17.3. The average molecular weight is 339 g/mol. The monoisotopic (exact) mass is 338 g/mol. The third-order valence-electron chi connectivity index (χ3n) is 4.76.